The lowest BCUT2D eigenvalue weighted by atomic mass is 10.0. The van der Waals surface area contributed by atoms with Gasteiger partial charge in [0.2, 0.25) is 0 Å². The van der Waals surface area contributed by atoms with Gasteiger partial charge in [0.15, 0.2) is 5.96 Å². The van der Waals surface area contributed by atoms with E-state index in [0.29, 0.717) is 12.2 Å². The molecule has 26 heavy (non-hydrogen) atoms. The zero-order valence-corrected chi connectivity index (χ0v) is 14.5. The van der Waals surface area contributed by atoms with E-state index in [4.69, 9.17) is 10.2 Å². The molecule has 0 fully saturated rings. The molecule has 0 unspecified atom stereocenters. The van der Waals surface area contributed by atoms with Crippen LogP contribution in [0.2, 0.25) is 0 Å². The molecule has 0 saturated carbocycles. The SMILES string of the molecule is C/N=C(\NC)Nc1ccccc1-c1ccccc1.O=C(O)/C=C/C(=O)O. The van der Waals surface area contributed by atoms with Crippen molar-refractivity contribution in [2.45, 2.75) is 0 Å². The molecule has 0 aliphatic carbocycles. The van der Waals surface area contributed by atoms with E-state index in [1.54, 1.807) is 7.05 Å². The summed E-state index contributed by atoms with van der Waals surface area (Å²) in [4.78, 5) is 23.2. The molecular weight excluding hydrogens is 334 g/mol. The number of benzene rings is 2. The summed E-state index contributed by atoms with van der Waals surface area (Å²) in [5.41, 5.74) is 3.39. The zero-order chi connectivity index (χ0) is 19.4. The van der Waals surface area contributed by atoms with Crippen LogP contribution in [0.1, 0.15) is 0 Å². The van der Waals surface area contributed by atoms with Crippen LogP contribution in [0.25, 0.3) is 11.1 Å². The number of para-hydroxylation sites is 1. The highest BCUT2D eigenvalue weighted by molar-refractivity contribution is 5.97. The first kappa shape index (κ1) is 20.4. The van der Waals surface area contributed by atoms with Crippen molar-refractivity contribution < 1.29 is 19.8 Å². The first-order valence-corrected chi connectivity index (χ1v) is 7.67. The van der Waals surface area contributed by atoms with Gasteiger partial charge in [0, 0.05) is 37.5 Å². The van der Waals surface area contributed by atoms with E-state index in [-0.39, 0.29) is 0 Å². The first-order chi connectivity index (χ1) is 12.5. The minimum atomic E-state index is -1.26. The molecular formula is C19H21N3O4. The second kappa shape index (κ2) is 11.0. The summed E-state index contributed by atoms with van der Waals surface area (Å²) < 4.78 is 0. The number of hydrogen-bond donors (Lipinski definition) is 4. The van der Waals surface area contributed by atoms with Crippen molar-refractivity contribution in [1.29, 1.82) is 0 Å². The molecule has 0 heterocycles. The summed E-state index contributed by atoms with van der Waals surface area (Å²) in [5, 5.41) is 21.9. The van der Waals surface area contributed by atoms with Crippen LogP contribution in [-0.4, -0.2) is 42.2 Å². The van der Waals surface area contributed by atoms with Gasteiger partial charge >= 0.3 is 11.9 Å². The van der Waals surface area contributed by atoms with Crippen LogP contribution in [0.3, 0.4) is 0 Å². The van der Waals surface area contributed by atoms with Gasteiger partial charge in [-0.25, -0.2) is 9.59 Å². The molecule has 0 amide bonds. The maximum atomic E-state index is 9.55. The Labute approximate surface area is 151 Å². The maximum absolute atomic E-state index is 9.55. The summed E-state index contributed by atoms with van der Waals surface area (Å²) >= 11 is 0. The molecule has 0 saturated heterocycles. The Kier molecular flexibility index (Phi) is 8.67. The minimum absolute atomic E-state index is 0.558. The normalized spacial score (nSPS) is 10.6. The molecule has 136 valence electrons. The fraction of sp³-hybridized carbons (Fsp3) is 0.105. The lowest BCUT2D eigenvalue weighted by Gasteiger charge is -2.13. The van der Waals surface area contributed by atoms with Crippen molar-refractivity contribution in [2.24, 2.45) is 4.99 Å². The lowest BCUT2D eigenvalue weighted by molar-refractivity contribution is -0.134. The first-order valence-electron chi connectivity index (χ1n) is 7.67. The van der Waals surface area contributed by atoms with Gasteiger partial charge in [-0.1, -0.05) is 48.5 Å². The number of rotatable bonds is 4. The second-order valence-corrected chi connectivity index (χ2v) is 4.87. The molecule has 2 aromatic rings. The van der Waals surface area contributed by atoms with Gasteiger partial charge in [-0.05, 0) is 11.6 Å². The molecule has 0 aromatic heterocycles. The van der Waals surface area contributed by atoms with Crippen molar-refractivity contribution in [2.75, 3.05) is 19.4 Å². The molecule has 0 bridgehead atoms. The summed E-state index contributed by atoms with van der Waals surface area (Å²) in [6, 6.07) is 18.5. The summed E-state index contributed by atoms with van der Waals surface area (Å²) in [6.07, 6.45) is 1.12. The molecule has 0 radical (unpaired) electrons. The second-order valence-electron chi connectivity index (χ2n) is 4.87. The largest absolute Gasteiger partial charge is 0.478 e. The molecule has 0 atom stereocenters. The van der Waals surface area contributed by atoms with Gasteiger partial charge in [0.05, 0.1) is 0 Å². The number of carbonyl (C=O) groups is 2. The van der Waals surface area contributed by atoms with Crippen LogP contribution >= 0.6 is 0 Å². The molecule has 0 aliphatic heterocycles. The Bertz CT molecular complexity index is 770. The number of aliphatic carboxylic acids is 2. The van der Waals surface area contributed by atoms with Crippen LogP contribution in [-0.2, 0) is 9.59 Å². The third-order valence-corrected chi connectivity index (χ3v) is 3.09. The van der Waals surface area contributed by atoms with Crippen LogP contribution in [0.15, 0.2) is 71.7 Å². The number of carboxylic acid groups (broad SMARTS) is 2. The molecule has 4 N–H and O–H groups in total. The number of anilines is 1. The van der Waals surface area contributed by atoms with Crippen LogP contribution in [0, 0.1) is 0 Å². The predicted octanol–water partition coefficient (Wildman–Crippen LogP) is 2.68. The Morgan fingerprint density at radius 1 is 0.923 bits per heavy atom. The predicted molar refractivity (Wildman–Crippen MR) is 102 cm³/mol. The Balaban J connectivity index is 0.000000359. The number of nitrogens with zero attached hydrogens (tertiary/aromatic N) is 1. The average molecular weight is 355 g/mol. The van der Waals surface area contributed by atoms with Gasteiger partial charge in [0.25, 0.3) is 0 Å². The smallest absolute Gasteiger partial charge is 0.328 e. The Morgan fingerprint density at radius 3 is 1.96 bits per heavy atom. The van der Waals surface area contributed by atoms with E-state index in [1.807, 2.05) is 43.4 Å². The topological polar surface area (TPSA) is 111 Å². The number of nitrogens with one attached hydrogen (secondary N) is 2. The maximum Gasteiger partial charge on any atom is 0.328 e. The molecule has 2 aromatic carbocycles. The van der Waals surface area contributed by atoms with Gasteiger partial charge in [-0.15, -0.1) is 0 Å². The van der Waals surface area contributed by atoms with Crippen molar-refractivity contribution >= 4 is 23.6 Å². The van der Waals surface area contributed by atoms with E-state index in [1.165, 1.54) is 5.56 Å². The van der Waals surface area contributed by atoms with Crippen molar-refractivity contribution in [3.8, 4) is 11.1 Å². The standard InChI is InChI=1S/C15H17N3.C4H4O4/c1-16-15(17-2)18-14-11-7-6-10-13(14)12-8-4-3-5-9-12;5-3(6)1-2-4(7)8/h3-11H,1-2H3,(H2,16,17,18);1-2H,(H,5,6)(H,7,8)/b;2-1+. The van der Waals surface area contributed by atoms with Gasteiger partial charge < -0.3 is 20.8 Å². The van der Waals surface area contributed by atoms with E-state index < -0.39 is 11.9 Å². The molecule has 0 spiro atoms. The summed E-state index contributed by atoms with van der Waals surface area (Å²) in [5.74, 6) is -1.77. The Morgan fingerprint density at radius 2 is 1.46 bits per heavy atom. The van der Waals surface area contributed by atoms with Crippen molar-refractivity contribution in [3.63, 3.8) is 0 Å². The van der Waals surface area contributed by atoms with Crippen LogP contribution in [0.5, 0.6) is 0 Å². The number of hydrogen-bond acceptors (Lipinski definition) is 3. The lowest BCUT2D eigenvalue weighted by Crippen LogP contribution is -2.27. The monoisotopic (exact) mass is 355 g/mol. The summed E-state index contributed by atoms with van der Waals surface area (Å²) in [7, 11) is 3.60. The minimum Gasteiger partial charge on any atom is -0.478 e. The van der Waals surface area contributed by atoms with E-state index in [9.17, 15) is 9.59 Å². The highest BCUT2D eigenvalue weighted by Gasteiger charge is 2.05. The number of guanidine groups is 1. The molecule has 7 heteroatoms. The van der Waals surface area contributed by atoms with E-state index in [0.717, 1.165) is 17.2 Å². The molecule has 0 aliphatic rings. The zero-order valence-electron chi connectivity index (χ0n) is 14.5. The fourth-order valence-corrected chi connectivity index (χ4v) is 1.96. The molecule has 2 rings (SSSR count). The van der Waals surface area contributed by atoms with Gasteiger partial charge in [-0.3, -0.25) is 4.99 Å². The van der Waals surface area contributed by atoms with Crippen molar-refractivity contribution in [3.05, 3.63) is 66.7 Å². The fourth-order valence-electron chi connectivity index (χ4n) is 1.96. The number of carboxylic acids is 2. The van der Waals surface area contributed by atoms with E-state index in [2.05, 4.69) is 33.8 Å². The third-order valence-electron chi connectivity index (χ3n) is 3.09. The number of aliphatic imine (C=N–C) groups is 1. The van der Waals surface area contributed by atoms with Gasteiger partial charge in [-0.2, -0.15) is 0 Å². The third kappa shape index (κ3) is 7.31. The Hall–Kier alpha value is -3.61. The highest BCUT2D eigenvalue weighted by atomic mass is 16.4. The average Bonchev–Trinajstić information content (AvgIpc) is 2.66. The summed E-state index contributed by atoms with van der Waals surface area (Å²) in [6.45, 7) is 0. The highest BCUT2D eigenvalue weighted by Crippen LogP contribution is 2.27. The molecule has 7 nitrogen and oxygen atoms in total. The van der Waals surface area contributed by atoms with Gasteiger partial charge in [0.1, 0.15) is 0 Å². The van der Waals surface area contributed by atoms with Crippen LogP contribution < -0.4 is 10.6 Å². The van der Waals surface area contributed by atoms with Crippen molar-refractivity contribution in [1.82, 2.24) is 5.32 Å². The quantitative estimate of drug-likeness (QED) is 0.381. The van der Waals surface area contributed by atoms with Crippen LogP contribution in [0.4, 0.5) is 5.69 Å². The van der Waals surface area contributed by atoms with E-state index >= 15 is 0 Å².